The van der Waals surface area contributed by atoms with Crippen molar-refractivity contribution < 1.29 is 0 Å². The Morgan fingerprint density at radius 2 is 0.885 bits per heavy atom. The van der Waals surface area contributed by atoms with Crippen molar-refractivity contribution in [2.45, 2.75) is 11.8 Å². The second kappa shape index (κ2) is 7.94. The van der Waals surface area contributed by atoms with Crippen molar-refractivity contribution in [3.8, 4) is 0 Å². The molecule has 0 radical (unpaired) electrons. The van der Waals surface area contributed by atoms with E-state index in [1.807, 2.05) is 0 Å². The molecule has 2 atom stereocenters. The zero-order valence-corrected chi connectivity index (χ0v) is 17.6. The molecule has 0 saturated carbocycles. The van der Waals surface area contributed by atoms with Gasteiger partial charge >= 0.3 is 0 Å². The number of alkyl halides is 2. The maximum absolute atomic E-state index is 3.78. The quantitative estimate of drug-likeness (QED) is 0.264. The molecule has 0 heterocycles. The van der Waals surface area contributed by atoms with Crippen LogP contribution in [0.25, 0.3) is 21.5 Å². The fraction of sp³-hybridized carbons (Fsp3) is 0.167. The number of fused-ring (bicyclic) bond motifs is 2. The summed E-state index contributed by atoms with van der Waals surface area (Å²) in [5, 5.41) is 7.09. The Morgan fingerprint density at radius 1 is 0.500 bits per heavy atom. The van der Waals surface area contributed by atoms with Gasteiger partial charge in [-0.3, -0.25) is 0 Å². The zero-order valence-electron chi connectivity index (χ0n) is 14.4. The van der Waals surface area contributed by atoms with Crippen LogP contribution in [-0.2, 0) is 0 Å². The van der Waals surface area contributed by atoms with Gasteiger partial charge in [-0.1, -0.05) is 117 Å². The van der Waals surface area contributed by atoms with Crippen molar-refractivity contribution in [2.75, 3.05) is 10.7 Å². The first kappa shape index (κ1) is 17.8. The highest BCUT2D eigenvalue weighted by Crippen LogP contribution is 2.38. The Morgan fingerprint density at radius 3 is 1.27 bits per heavy atom. The third-order valence-electron chi connectivity index (χ3n) is 5.22. The van der Waals surface area contributed by atoms with Gasteiger partial charge in [-0.25, -0.2) is 0 Å². The first-order valence-corrected chi connectivity index (χ1v) is 11.1. The molecule has 0 aliphatic rings. The highest BCUT2D eigenvalue weighted by Gasteiger charge is 2.23. The molecule has 130 valence electrons. The highest BCUT2D eigenvalue weighted by molar-refractivity contribution is 9.09. The molecule has 0 aromatic heterocycles. The first-order chi connectivity index (χ1) is 12.8. The van der Waals surface area contributed by atoms with Crippen LogP contribution in [0, 0.1) is 0 Å². The fourth-order valence-corrected chi connectivity index (χ4v) is 5.38. The molecule has 4 rings (SSSR count). The van der Waals surface area contributed by atoms with E-state index >= 15 is 0 Å². The van der Waals surface area contributed by atoms with E-state index in [4.69, 9.17) is 0 Å². The molecule has 0 aliphatic heterocycles. The minimum Gasteiger partial charge on any atom is -0.0921 e. The highest BCUT2D eigenvalue weighted by atomic mass is 79.9. The van der Waals surface area contributed by atoms with Crippen molar-refractivity contribution in [1.29, 1.82) is 0 Å². The summed E-state index contributed by atoms with van der Waals surface area (Å²) < 4.78 is 0. The lowest BCUT2D eigenvalue weighted by Crippen LogP contribution is -2.14. The minimum absolute atomic E-state index is 0.417. The smallest absolute Gasteiger partial charge is 0.0106 e. The summed E-state index contributed by atoms with van der Waals surface area (Å²) in [5.41, 5.74) is 2.77. The van der Waals surface area contributed by atoms with Crippen LogP contribution in [0.5, 0.6) is 0 Å². The third kappa shape index (κ3) is 3.45. The summed E-state index contributed by atoms with van der Waals surface area (Å²) in [5.74, 6) is 0.834. The third-order valence-corrected chi connectivity index (χ3v) is 6.62. The monoisotopic (exact) mass is 466 g/mol. The van der Waals surface area contributed by atoms with Gasteiger partial charge in [-0.2, -0.15) is 0 Å². The summed E-state index contributed by atoms with van der Waals surface area (Å²) in [7, 11) is 0. The molecule has 0 amide bonds. The Hall–Kier alpha value is -1.64. The second-order valence-electron chi connectivity index (χ2n) is 6.73. The zero-order chi connectivity index (χ0) is 17.9. The van der Waals surface area contributed by atoms with Crippen LogP contribution in [0.1, 0.15) is 23.0 Å². The predicted molar refractivity (Wildman–Crippen MR) is 121 cm³/mol. The van der Waals surface area contributed by atoms with Gasteiger partial charge in [-0.15, -0.1) is 0 Å². The van der Waals surface area contributed by atoms with Crippen molar-refractivity contribution in [1.82, 2.24) is 0 Å². The Labute approximate surface area is 171 Å². The molecular formula is C24H20Br2. The summed E-state index contributed by atoms with van der Waals surface area (Å²) in [6, 6.07) is 30.9. The SMILES string of the molecule is BrCC(c1ccc2ccccc2c1)C(CBr)c1ccc2ccccc2c1. The maximum atomic E-state index is 3.78. The van der Waals surface area contributed by atoms with E-state index in [2.05, 4.69) is 117 Å². The van der Waals surface area contributed by atoms with Gasteiger partial charge in [0, 0.05) is 22.5 Å². The minimum atomic E-state index is 0.417. The number of hydrogen-bond acceptors (Lipinski definition) is 0. The molecule has 26 heavy (non-hydrogen) atoms. The summed E-state index contributed by atoms with van der Waals surface area (Å²) in [6.07, 6.45) is 0. The fourth-order valence-electron chi connectivity index (χ4n) is 3.73. The normalized spacial score (nSPS) is 13.8. The Balaban J connectivity index is 1.76. The van der Waals surface area contributed by atoms with Crippen LogP contribution in [-0.4, -0.2) is 10.7 Å². The van der Waals surface area contributed by atoms with Gasteiger partial charge < -0.3 is 0 Å². The molecule has 0 spiro atoms. The number of benzene rings is 4. The van der Waals surface area contributed by atoms with Gasteiger partial charge in [0.15, 0.2) is 0 Å². The van der Waals surface area contributed by atoms with E-state index in [9.17, 15) is 0 Å². The van der Waals surface area contributed by atoms with Crippen molar-refractivity contribution in [3.63, 3.8) is 0 Å². The molecular weight excluding hydrogens is 448 g/mol. The van der Waals surface area contributed by atoms with E-state index in [1.54, 1.807) is 0 Å². The van der Waals surface area contributed by atoms with Gasteiger partial charge in [0.1, 0.15) is 0 Å². The van der Waals surface area contributed by atoms with Crippen LogP contribution in [0.15, 0.2) is 84.9 Å². The molecule has 0 bridgehead atoms. The maximum Gasteiger partial charge on any atom is 0.0106 e. The molecule has 4 aromatic carbocycles. The van der Waals surface area contributed by atoms with Crippen LogP contribution < -0.4 is 0 Å². The van der Waals surface area contributed by atoms with E-state index < -0.39 is 0 Å². The van der Waals surface area contributed by atoms with Crippen LogP contribution in [0.4, 0.5) is 0 Å². The first-order valence-electron chi connectivity index (χ1n) is 8.89. The molecule has 0 fully saturated rings. The average Bonchev–Trinajstić information content (AvgIpc) is 2.71. The van der Waals surface area contributed by atoms with E-state index in [-0.39, 0.29) is 0 Å². The van der Waals surface area contributed by atoms with E-state index in [0.29, 0.717) is 11.8 Å². The van der Waals surface area contributed by atoms with Crippen molar-refractivity contribution in [3.05, 3.63) is 96.1 Å². The van der Waals surface area contributed by atoms with Gasteiger partial charge in [-0.05, 0) is 32.7 Å². The lowest BCUT2D eigenvalue weighted by Gasteiger charge is -2.25. The summed E-state index contributed by atoms with van der Waals surface area (Å²) >= 11 is 7.57. The summed E-state index contributed by atoms with van der Waals surface area (Å²) in [4.78, 5) is 0. The van der Waals surface area contributed by atoms with Gasteiger partial charge in [0.25, 0.3) is 0 Å². The molecule has 0 nitrogen and oxygen atoms in total. The van der Waals surface area contributed by atoms with Crippen LogP contribution in [0.2, 0.25) is 0 Å². The van der Waals surface area contributed by atoms with Gasteiger partial charge in [0.2, 0.25) is 0 Å². The lowest BCUT2D eigenvalue weighted by molar-refractivity contribution is 0.648. The Bertz CT molecular complexity index is 953. The van der Waals surface area contributed by atoms with Crippen molar-refractivity contribution >= 4 is 53.4 Å². The van der Waals surface area contributed by atoms with Gasteiger partial charge in [0.05, 0.1) is 0 Å². The average molecular weight is 468 g/mol. The molecule has 2 unspecified atom stereocenters. The lowest BCUT2D eigenvalue weighted by atomic mass is 9.83. The largest absolute Gasteiger partial charge is 0.0921 e. The standard InChI is InChI=1S/C24H20Br2/c25-15-23(21-11-9-17-5-1-3-7-19(17)13-21)24(16-26)22-12-10-18-6-2-4-8-20(18)14-22/h1-14,23-24H,15-16H2. The van der Waals surface area contributed by atoms with E-state index in [0.717, 1.165) is 10.7 Å². The van der Waals surface area contributed by atoms with E-state index in [1.165, 1.54) is 32.7 Å². The Kier molecular flexibility index (Phi) is 5.42. The van der Waals surface area contributed by atoms with Crippen LogP contribution in [0.3, 0.4) is 0 Å². The number of rotatable bonds is 5. The van der Waals surface area contributed by atoms with Crippen LogP contribution >= 0.6 is 31.9 Å². The second-order valence-corrected chi connectivity index (χ2v) is 8.03. The topological polar surface area (TPSA) is 0 Å². The molecule has 4 aromatic rings. The number of hydrogen-bond donors (Lipinski definition) is 0. The number of halogens is 2. The molecule has 0 aliphatic carbocycles. The predicted octanol–water partition coefficient (Wildman–Crippen LogP) is 7.65. The molecule has 0 saturated heterocycles. The van der Waals surface area contributed by atoms with Crippen molar-refractivity contribution in [2.24, 2.45) is 0 Å². The molecule has 2 heteroatoms. The summed E-state index contributed by atoms with van der Waals surface area (Å²) in [6.45, 7) is 0. The molecule has 0 N–H and O–H groups in total.